The molecule has 2 aromatic rings. The average Bonchev–Trinajstić information content (AvgIpc) is 2.83. The molecular formula is C14H17NO2S2. The van der Waals surface area contributed by atoms with Gasteiger partial charge in [-0.3, -0.25) is 0 Å². The smallest absolute Gasteiger partial charge is 0.210 e. The van der Waals surface area contributed by atoms with E-state index < -0.39 is 9.84 Å². The van der Waals surface area contributed by atoms with Crippen LogP contribution in [0.3, 0.4) is 0 Å². The number of aromatic nitrogens is 1. The molecule has 102 valence electrons. The number of fused-ring (bicyclic) bond motifs is 1. The Balaban J connectivity index is 2.04. The summed E-state index contributed by atoms with van der Waals surface area (Å²) in [6.07, 6.45) is 5.41. The van der Waals surface area contributed by atoms with Crippen molar-refractivity contribution in [2.45, 2.75) is 30.0 Å². The number of hydrogen-bond acceptors (Lipinski definition) is 4. The lowest BCUT2D eigenvalue weighted by atomic mass is 10.2. The number of hydrogen-bond donors (Lipinski definition) is 0. The number of thiazole rings is 1. The fourth-order valence-corrected chi connectivity index (χ4v) is 4.55. The number of benzene rings is 1. The molecule has 1 heterocycles. The van der Waals surface area contributed by atoms with Crippen LogP contribution in [0.1, 0.15) is 25.7 Å². The molecule has 2 rings (SSSR count). The van der Waals surface area contributed by atoms with Crippen molar-refractivity contribution in [2.75, 3.05) is 5.75 Å². The molecule has 5 heteroatoms. The highest BCUT2D eigenvalue weighted by Gasteiger charge is 2.18. The predicted octanol–water partition coefficient (Wildman–Crippen LogP) is 3.82. The highest BCUT2D eigenvalue weighted by atomic mass is 32.2. The molecule has 0 aliphatic carbocycles. The maximum atomic E-state index is 12.2. The van der Waals surface area contributed by atoms with Gasteiger partial charge in [0.1, 0.15) is 0 Å². The van der Waals surface area contributed by atoms with Gasteiger partial charge < -0.3 is 0 Å². The third kappa shape index (κ3) is 3.64. The van der Waals surface area contributed by atoms with E-state index in [1.165, 1.54) is 11.3 Å². The summed E-state index contributed by atoms with van der Waals surface area (Å²) in [6, 6.07) is 7.50. The van der Waals surface area contributed by atoms with E-state index >= 15 is 0 Å². The molecule has 1 aromatic heterocycles. The molecule has 0 spiro atoms. The molecule has 0 saturated carbocycles. The summed E-state index contributed by atoms with van der Waals surface area (Å²) in [5.41, 5.74) is 0.762. The van der Waals surface area contributed by atoms with E-state index in [0.717, 1.165) is 29.5 Å². The summed E-state index contributed by atoms with van der Waals surface area (Å²) >= 11 is 1.26. The van der Waals surface area contributed by atoms with Crippen molar-refractivity contribution in [1.29, 1.82) is 0 Å². The Labute approximate surface area is 117 Å². The van der Waals surface area contributed by atoms with Gasteiger partial charge in [0, 0.05) is 0 Å². The summed E-state index contributed by atoms with van der Waals surface area (Å²) in [6.45, 7) is 3.65. The van der Waals surface area contributed by atoms with Gasteiger partial charge in [-0.15, -0.1) is 17.9 Å². The monoisotopic (exact) mass is 295 g/mol. The van der Waals surface area contributed by atoms with Crippen LogP contribution in [0.15, 0.2) is 41.3 Å². The first-order valence-electron chi connectivity index (χ1n) is 6.33. The maximum Gasteiger partial charge on any atom is 0.210 e. The molecule has 0 aliphatic rings. The first-order valence-corrected chi connectivity index (χ1v) is 8.79. The zero-order chi connectivity index (χ0) is 13.7. The van der Waals surface area contributed by atoms with Gasteiger partial charge in [0.05, 0.1) is 16.0 Å². The van der Waals surface area contributed by atoms with Gasteiger partial charge >= 0.3 is 0 Å². The molecule has 0 bridgehead atoms. The summed E-state index contributed by atoms with van der Waals surface area (Å²) in [5.74, 6) is 0.184. The van der Waals surface area contributed by atoms with E-state index in [2.05, 4.69) is 11.6 Å². The van der Waals surface area contributed by atoms with Crippen LogP contribution in [-0.4, -0.2) is 19.2 Å². The average molecular weight is 295 g/mol. The second-order valence-electron chi connectivity index (χ2n) is 4.40. The molecule has 1 aromatic carbocycles. The largest absolute Gasteiger partial charge is 0.225 e. The van der Waals surface area contributed by atoms with Gasteiger partial charge in [0.15, 0.2) is 0 Å². The lowest BCUT2D eigenvalue weighted by Crippen LogP contribution is -2.06. The van der Waals surface area contributed by atoms with Gasteiger partial charge in [0.25, 0.3) is 0 Å². The van der Waals surface area contributed by atoms with Crippen molar-refractivity contribution in [3.8, 4) is 0 Å². The Morgan fingerprint density at radius 2 is 2.00 bits per heavy atom. The SMILES string of the molecule is C=CCCCCCS(=O)(=O)c1nc2ccccc2s1. The van der Waals surface area contributed by atoms with Crippen molar-refractivity contribution >= 4 is 31.4 Å². The van der Waals surface area contributed by atoms with Gasteiger partial charge in [-0.25, -0.2) is 13.4 Å². The normalized spacial score (nSPS) is 11.8. The van der Waals surface area contributed by atoms with Gasteiger partial charge in [-0.05, 0) is 31.4 Å². The topological polar surface area (TPSA) is 47.0 Å². The number of rotatable bonds is 7. The van der Waals surface area contributed by atoms with Gasteiger partial charge in [-0.2, -0.15) is 0 Å². The minimum atomic E-state index is -3.23. The Bertz CT molecular complexity index is 626. The third-order valence-electron chi connectivity index (χ3n) is 2.86. The number of para-hydroxylation sites is 1. The molecular weight excluding hydrogens is 278 g/mol. The van der Waals surface area contributed by atoms with Crippen LogP contribution in [0, 0.1) is 0 Å². The van der Waals surface area contributed by atoms with Crippen LogP contribution >= 0.6 is 11.3 Å². The highest BCUT2D eigenvalue weighted by molar-refractivity contribution is 7.93. The molecule has 0 saturated heterocycles. The zero-order valence-corrected chi connectivity index (χ0v) is 12.3. The zero-order valence-electron chi connectivity index (χ0n) is 10.7. The van der Waals surface area contributed by atoms with Crippen molar-refractivity contribution in [1.82, 2.24) is 4.98 Å². The lowest BCUT2D eigenvalue weighted by molar-refractivity contribution is 0.589. The fraction of sp³-hybridized carbons (Fsp3) is 0.357. The Morgan fingerprint density at radius 3 is 2.74 bits per heavy atom. The number of unbranched alkanes of at least 4 members (excludes halogenated alkanes) is 3. The fourth-order valence-electron chi connectivity index (χ4n) is 1.83. The number of allylic oxidation sites excluding steroid dienone is 1. The molecule has 0 unspecified atom stereocenters. The van der Waals surface area contributed by atoms with Crippen molar-refractivity contribution < 1.29 is 8.42 Å². The van der Waals surface area contributed by atoms with Crippen LogP contribution in [-0.2, 0) is 9.84 Å². The van der Waals surface area contributed by atoms with Crippen LogP contribution in [0.4, 0.5) is 0 Å². The second-order valence-corrected chi connectivity index (χ2v) is 7.72. The summed E-state index contributed by atoms with van der Waals surface area (Å²) in [5, 5.41) is 0. The van der Waals surface area contributed by atoms with E-state index in [-0.39, 0.29) is 10.1 Å². The second kappa shape index (κ2) is 6.30. The molecule has 19 heavy (non-hydrogen) atoms. The number of sulfone groups is 1. The molecule has 0 fully saturated rings. The molecule has 3 nitrogen and oxygen atoms in total. The molecule has 0 N–H and O–H groups in total. The van der Waals surface area contributed by atoms with Gasteiger partial charge in [0.2, 0.25) is 14.2 Å². The van der Waals surface area contributed by atoms with Crippen LogP contribution in [0.25, 0.3) is 10.2 Å². The minimum Gasteiger partial charge on any atom is -0.225 e. The maximum absolute atomic E-state index is 12.2. The van der Waals surface area contributed by atoms with Crippen molar-refractivity contribution in [3.05, 3.63) is 36.9 Å². The third-order valence-corrected chi connectivity index (χ3v) is 6.15. The Kier molecular flexibility index (Phi) is 4.71. The van der Waals surface area contributed by atoms with Crippen LogP contribution in [0.5, 0.6) is 0 Å². The quantitative estimate of drug-likeness (QED) is 0.576. The molecule has 0 radical (unpaired) electrons. The minimum absolute atomic E-state index is 0.184. The van der Waals surface area contributed by atoms with E-state index in [1.807, 2.05) is 30.3 Å². The molecule has 0 atom stereocenters. The first-order chi connectivity index (χ1) is 9.13. The molecule has 0 aliphatic heterocycles. The Hall–Kier alpha value is -1.20. The summed E-state index contributed by atoms with van der Waals surface area (Å²) in [4.78, 5) is 4.21. The summed E-state index contributed by atoms with van der Waals surface area (Å²) in [7, 11) is -3.23. The molecule has 0 amide bonds. The Morgan fingerprint density at radius 1 is 1.21 bits per heavy atom. The lowest BCUT2D eigenvalue weighted by Gasteiger charge is -2.00. The predicted molar refractivity (Wildman–Crippen MR) is 80.3 cm³/mol. The summed E-state index contributed by atoms with van der Waals surface area (Å²) < 4.78 is 25.5. The standard InChI is InChI=1S/C14H17NO2S2/c1-2-3-4-5-8-11-19(16,17)14-15-12-9-6-7-10-13(12)18-14/h2,6-7,9-10H,1,3-5,8,11H2. The van der Waals surface area contributed by atoms with E-state index in [0.29, 0.717) is 6.42 Å². The van der Waals surface area contributed by atoms with Crippen molar-refractivity contribution in [2.24, 2.45) is 0 Å². The van der Waals surface area contributed by atoms with Gasteiger partial charge in [-0.1, -0.05) is 24.6 Å². The van der Waals surface area contributed by atoms with E-state index in [9.17, 15) is 8.42 Å². The highest BCUT2D eigenvalue weighted by Crippen LogP contribution is 2.26. The van der Waals surface area contributed by atoms with E-state index in [4.69, 9.17) is 0 Å². The van der Waals surface area contributed by atoms with Crippen molar-refractivity contribution in [3.63, 3.8) is 0 Å². The number of nitrogens with zero attached hydrogens (tertiary/aromatic N) is 1. The first kappa shape index (κ1) is 14.2. The van der Waals surface area contributed by atoms with E-state index in [1.54, 1.807) is 0 Å². The van der Waals surface area contributed by atoms with Crippen LogP contribution in [0.2, 0.25) is 0 Å². The van der Waals surface area contributed by atoms with Crippen LogP contribution < -0.4 is 0 Å².